The monoisotopic (exact) mass is 623 g/mol. The number of carbonyl (C=O) groups is 4. The molecule has 5 atom stereocenters. The van der Waals surface area contributed by atoms with Crippen LogP contribution in [0.3, 0.4) is 0 Å². The van der Waals surface area contributed by atoms with Crippen molar-refractivity contribution in [2.24, 2.45) is 17.8 Å². The third-order valence-electron chi connectivity index (χ3n) is 9.46. The lowest BCUT2D eigenvalue weighted by atomic mass is 9.92. The minimum atomic E-state index is -0.713. The predicted molar refractivity (Wildman–Crippen MR) is 182 cm³/mol. The number of likely N-dealkylation sites (tertiary alicyclic amines) is 2. The van der Waals surface area contributed by atoms with E-state index in [0.29, 0.717) is 30.8 Å². The van der Waals surface area contributed by atoms with E-state index in [1.54, 1.807) is 4.90 Å². The molecule has 2 aromatic carbocycles. The molecule has 0 saturated carbocycles. The van der Waals surface area contributed by atoms with Crippen LogP contribution in [-0.2, 0) is 25.5 Å². The maximum atomic E-state index is 13.1. The zero-order valence-electron chi connectivity index (χ0n) is 28.0. The summed E-state index contributed by atoms with van der Waals surface area (Å²) in [6, 6.07) is 11.6. The molecule has 8 nitrogen and oxygen atoms in total. The summed E-state index contributed by atoms with van der Waals surface area (Å²) in [4.78, 5) is 53.6. The van der Waals surface area contributed by atoms with Gasteiger partial charge in [0, 0.05) is 31.5 Å². The molecule has 2 aromatic rings. The van der Waals surface area contributed by atoms with Gasteiger partial charge in [-0.2, -0.15) is 0 Å². The highest BCUT2D eigenvalue weighted by Crippen LogP contribution is 2.25. The first kappa shape index (κ1) is 37.8. The van der Waals surface area contributed by atoms with Gasteiger partial charge in [0.2, 0.25) is 11.8 Å². The smallest absolute Gasteiger partial charge is 0.407 e. The zero-order valence-corrected chi connectivity index (χ0v) is 28.0. The van der Waals surface area contributed by atoms with Crippen LogP contribution in [0.1, 0.15) is 92.2 Å². The summed E-state index contributed by atoms with van der Waals surface area (Å²) in [7, 11) is 1.27. The first-order valence-electron chi connectivity index (χ1n) is 16.3. The molecule has 4 rings (SSSR count). The van der Waals surface area contributed by atoms with Crippen LogP contribution in [0.2, 0.25) is 0 Å². The molecule has 2 heterocycles. The Morgan fingerprint density at radius 1 is 0.911 bits per heavy atom. The number of fused-ring (bicyclic) bond motifs is 1. The fourth-order valence-corrected chi connectivity index (χ4v) is 6.21. The lowest BCUT2D eigenvalue weighted by molar-refractivity contribution is -0.139. The van der Waals surface area contributed by atoms with Crippen LogP contribution in [0.5, 0.6) is 0 Å². The third-order valence-corrected chi connectivity index (χ3v) is 9.46. The van der Waals surface area contributed by atoms with E-state index in [9.17, 15) is 19.2 Å². The largest absolute Gasteiger partial charge is 0.453 e. The van der Waals surface area contributed by atoms with Crippen LogP contribution >= 0.6 is 0 Å². The third kappa shape index (κ3) is 9.78. The van der Waals surface area contributed by atoms with Crippen LogP contribution in [0.15, 0.2) is 36.4 Å². The van der Waals surface area contributed by atoms with Crippen molar-refractivity contribution in [2.75, 3.05) is 20.2 Å². The molecule has 1 N–H and O–H groups in total. The van der Waals surface area contributed by atoms with Gasteiger partial charge in [-0.1, -0.05) is 90.4 Å². The minimum absolute atomic E-state index is 0. The second-order valence-corrected chi connectivity index (χ2v) is 13.1. The number of amides is 3. The number of carbonyl (C=O) groups excluding carboxylic acids is 4. The van der Waals surface area contributed by atoms with Crippen molar-refractivity contribution in [3.8, 4) is 0 Å². The summed E-state index contributed by atoms with van der Waals surface area (Å²) >= 11 is 0. The van der Waals surface area contributed by atoms with Gasteiger partial charge in [-0.3, -0.25) is 14.4 Å². The molecule has 0 unspecified atom stereocenters. The van der Waals surface area contributed by atoms with E-state index >= 15 is 0 Å². The van der Waals surface area contributed by atoms with Crippen molar-refractivity contribution in [3.05, 3.63) is 47.5 Å². The highest BCUT2D eigenvalue weighted by atomic mass is 16.5. The van der Waals surface area contributed by atoms with Crippen LogP contribution in [0.4, 0.5) is 4.79 Å². The Balaban J connectivity index is 0.000000396. The number of hydrogen-bond acceptors (Lipinski definition) is 5. The van der Waals surface area contributed by atoms with E-state index in [1.807, 2.05) is 32.0 Å². The van der Waals surface area contributed by atoms with Crippen molar-refractivity contribution in [2.45, 2.75) is 113 Å². The SMILES string of the molecule is C.CC[C@H](C)[C@H](C)C(=O)N1CCC[C@H]1C.COC(=O)N[C@H](C(=O)N1CCC[C@H]1C(=O)Cc1ccc2cc(C)ccc2c1)C(C)C. The van der Waals surface area contributed by atoms with Gasteiger partial charge < -0.3 is 19.9 Å². The molecular weight excluding hydrogens is 566 g/mol. The van der Waals surface area contributed by atoms with E-state index in [-0.39, 0.29) is 37.4 Å². The summed E-state index contributed by atoms with van der Waals surface area (Å²) in [5.41, 5.74) is 2.15. The molecule has 2 saturated heterocycles. The predicted octanol–water partition coefficient (Wildman–Crippen LogP) is 6.95. The normalized spacial score (nSPS) is 19.7. The minimum Gasteiger partial charge on any atom is -0.453 e. The van der Waals surface area contributed by atoms with Gasteiger partial charge in [-0.25, -0.2) is 4.79 Å². The van der Waals surface area contributed by atoms with Crippen LogP contribution in [-0.4, -0.2) is 71.8 Å². The van der Waals surface area contributed by atoms with Crippen molar-refractivity contribution < 1.29 is 23.9 Å². The molecule has 250 valence electrons. The van der Waals surface area contributed by atoms with E-state index in [4.69, 9.17) is 0 Å². The standard InChI is InChI=1S/C24H30N2O4.C12H23NO.CH4/c1-15(2)22(25-24(29)30-4)23(28)26-11-5-6-20(26)21(27)14-17-8-10-18-12-16(3)7-9-19(18)13-17;1-5-9(2)11(4)12(14)13-8-6-7-10(13)3;/h7-10,12-13,15,20,22H,5-6,11,14H2,1-4H3,(H,25,29);9-11H,5-8H2,1-4H3;1H4/t20-,22-;9-,10+,11-;/m00./s1. The number of alkyl carbamates (subject to hydrolysis) is 1. The molecule has 0 radical (unpaired) electrons. The Morgan fingerprint density at radius 2 is 1.53 bits per heavy atom. The van der Waals surface area contributed by atoms with Gasteiger partial charge in [-0.15, -0.1) is 0 Å². The maximum absolute atomic E-state index is 13.1. The Morgan fingerprint density at radius 3 is 2.13 bits per heavy atom. The molecule has 3 amide bonds. The molecule has 2 aliphatic rings. The molecule has 2 fully saturated rings. The molecule has 0 aromatic heterocycles. The van der Waals surface area contributed by atoms with E-state index in [2.05, 4.69) is 67.8 Å². The maximum Gasteiger partial charge on any atom is 0.407 e. The lowest BCUT2D eigenvalue weighted by Crippen LogP contribution is -2.53. The lowest BCUT2D eigenvalue weighted by Gasteiger charge is -2.30. The average Bonchev–Trinajstić information content (AvgIpc) is 3.68. The number of benzene rings is 2. The summed E-state index contributed by atoms with van der Waals surface area (Å²) < 4.78 is 4.65. The molecule has 0 spiro atoms. The first-order valence-corrected chi connectivity index (χ1v) is 16.3. The molecule has 2 aliphatic heterocycles. The van der Waals surface area contributed by atoms with Gasteiger partial charge in [0.1, 0.15) is 6.04 Å². The Labute approximate surface area is 271 Å². The number of rotatable bonds is 9. The number of ketones is 1. The van der Waals surface area contributed by atoms with E-state index in [1.165, 1.54) is 25.5 Å². The summed E-state index contributed by atoms with van der Waals surface area (Å²) in [5, 5.41) is 4.87. The van der Waals surface area contributed by atoms with Crippen molar-refractivity contribution in [1.29, 1.82) is 0 Å². The van der Waals surface area contributed by atoms with E-state index in [0.717, 1.165) is 35.7 Å². The molecular formula is C37H57N3O5. The van der Waals surface area contributed by atoms with Gasteiger partial charge in [-0.05, 0) is 67.7 Å². The highest BCUT2D eigenvalue weighted by Gasteiger charge is 2.38. The van der Waals surface area contributed by atoms with Crippen LogP contribution in [0.25, 0.3) is 10.8 Å². The average molecular weight is 624 g/mol. The van der Waals surface area contributed by atoms with Crippen molar-refractivity contribution in [3.63, 3.8) is 0 Å². The fraction of sp³-hybridized carbons (Fsp3) is 0.622. The van der Waals surface area contributed by atoms with Crippen LogP contribution < -0.4 is 5.32 Å². The number of nitrogens with zero attached hydrogens (tertiary/aromatic N) is 2. The number of ether oxygens (including phenoxy) is 1. The zero-order chi connectivity index (χ0) is 32.6. The summed E-state index contributed by atoms with van der Waals surface area (Å²) in [5.74, 6) is 0.769. The number of Topliss-reactive ketones (excluding diaryl/α,β-unsaturated/α-hetero) is 1. The van der Waals surface area contributed by atoms with Crippen LogP contribution in [0, 0.1) is 24.7 Å². The second kappa shape index (κ2) is 17.3. The molecule has 0 aliphatic carbocycles. The number of nitrogens with one attached hydrogen (secondary N) is 1. The van der Waals surface area contributed by atoms with Gasteiger partial charge >= 0.3 is 6.09 Å². The topological polar surface area (TPSA) is 96.0 Å². The Bertz CT molecular complexity index is 1310. The number of aryl methyl sites for hydroxylation is 1. The summed E-state index contributed by atoms with van der Waals surface area (Å²) in [6.07, 6.45) is 4.53. The highest BCUT2D eigenvalue weighted by molar-refractivity contribution is 5.94. The number of hydrogen-bond donors (Lipinski definition) is 1. The second-order valence-electron chi connectivity index (χ2n) is 13.1. The first-order chi connectivity index (χ1) is 20.9. The van der Waals surface area contributed by atoms with Crippen molar-refractivity contribution in [1.82, 2.24) is 15.1 Å². The molecule has 8 heteroatoms. The Kier molecular flexibility index (Phi) is 14.5. The molecule has 0 bridgehead atoms. The molecule has 45 heavy (non-hydrogen) atoms. The van der Waals surface area contributed by atoms with E-state index < -0.39 is 18.2 Å². The summed E-state index contributed by atoms with van der Waals surface area (Å²) in [6.45, 7) is 15.8. The quantitative estimate of drug-likeness (QED) is 0.326. The van der Waals surface area contributed by atoms with Crippen molar-refractivity contribution >= 4 is 34.5 Å². The van der Waals surface area contributed by atoms with Gasteiger partial charge in [0.25, 0.3) is 0 Å². The van der Waals surface area contributed by atoms with Gasteiger partial charge in [0.05, 0.1) is 13.2 Å². The fourth-order valence-electron chi connectivity index (χ4n) is 6.21. The number of methoxy groups -OCH3 is 1. The Hall–Kier alpha value is -3.42. The van der Waals surface area contributed by atoms with Gasteiger partial charge in [0.15, 0.2) is 5.78 Å².